The van der Waals surface area contributed by atoms with Gasteiger partial charge in [0, 0.05) is 19.2 Å². The van der Waals surface area contributed by atoms with Crippen molar-refractivity contribution in [3.63, 3.8) is 0 Å². The van der Waals surface area contributed by atoms with Gasteiger partial charge < -0.3 is 19.3 Å². The molecule has 1 unspecified atom stereocenters. The molecule has 0 aromatic carbocycles. The maximum absolute atomic E-state index is 12.3. The second-order valence-electron chi connectivity index (χ2n) is 4.57. The maximum Gasteiger partial charge on any atom is 0.326 e. The zero-order valence-electron chi connectivity index (χ0n) is 10.8. The van der Waals surface area contributed by atoms with Crippen LogP contribution in [-0.2, 0) is 16.1 Å². The number of carbonyl (C=O) groups is 2. The van der Waals surface area contributed by atoms with E-state index in [1.807, 2.05) is 0 Å². The first-order valence-electron chi connectivity index (χ1n) is 6.04. The molecular weight excluding hydrogens is 252 g/mol. The molecule has 104 valence electrons. The summed E-state index contributed by atoms with van der Waals surface area (Å²) >= 11 is 0. The van der Waals surface area contributed by atoms with E-state index in [4.69, 9.17) is 14.4 Å². The predicted molar refractivity (Wildman–Crippen MR) is 63.5 cm³/mol. The molecule has 7 heteroatoms. The van der Waals surface area contributed by atoms with Crippen LogP contribution in [0.5, 0.6) is 0 Å². The van der Waals surface area contributed by atoms with Crippen molar-refractivity contribution in [3.8, 4) is 0 Å². The number of hydrogen-bond donors (Lipinski definition) is 1. The minimum Gasteiger partial charge on any atom is -0.480 e. The Hall–Kier alpha value is -1.89. The molecule has 0 spiro atoms. The molecule has 7 nitrogen and oxygen atoms in total. The lowest BCUT2D eigenvalue weighted by atomic mass is 10.2. The van der Waals surface area contributed by atoms with E-state index in [0.717, 1.165) is 12.8 Å². The summed E-state index contributed by atoms with van der Waals surface area (Å²) in [5, 5.41) is 12.7. The molecule has 1 fully saturated rings. The number of aliphatic carboxylic acids is 1. The van der Waals surface area contributed by atoms with E-state index < -0.39 is 17.9 Å². The van der Waals surface area contributed by atoms with Gasteiger partial charge in [0.2, 0.25) is 0 Å². The van der Waals surface area contributed by atoms with E-state index in [-0.39, 0.29) is 18.3 Å². The van der Waals surface area contributed by atoms with Crippen LogP contribution in [0.1, 0.15) is 36.0 Å². The van der Waals surface area contributed by atoms with E-state index in [9.17, 15) is 9.59 Å². The molecule has 1 N–H and O–H groups in total. The molecule has 1 aliphatic rings. The number of aromatic nitrogens is 1. The SMILES string of the molecule is COCc1cc(C(=O)N(C2CC2)C(C)C(=O)O)no1. The third-order valence-corrected chi connectivity index (χ3v) is 3.01. The predicted octanol–water partition coefficient (Wildman–Crippen LogP) is 0.899. The fourth-order valence-corrected chi connectivity index (χ4v) is 1.89. The molecule has 1 atom stereocenters. The average Bonchev–Trinajstić information content (AvgIpc) is 3.08. The lowest BCUT2D eigenvalue weighted by Gasteiger charge is -2.25. The van der Waals surface area contributed by atoms with Gasteiger partial charge in [-0.1, -0.05) is 5.16 Å². The number of methoxy groups -OCH3 is 1. The lowest BCUT2D eigenvalue weighted by molar-refractivity contribution is -0.141. The van der Waals surface area contributed by atoms with Gasteiger partial charge in [-0.2, -0.15) is 0 Å². The van der Waals surface area contributed by atoms with Crippen molar-refractivity contribution in [1.29, 1.82) is 0 Å². The van der Waals surface area contributed by atoms with E-state index in [0.29, 0.717) is 5.76 Å². The number of amides is 1. The molecule has 2 rings (SSSR count). The summed E-state index contributed by atoms with van der Waals surface area (Å²) in [4.78, 5) is 24.7. The van der Waals surface area contributed by atoms with Crippen LogP contribution in [0.3, 0.4) is 0 Å². The van der Waals surface area contributed by atoms with Gasteiger partial charge in [-0.3, -0.25) is 4.79 Å². The number of carboxylic acids is 1. The summed E-state index contributed by atoms with van der Waals surface area (Å²) in [6.07, 6.45) is 1.65. The van der Waals surface area contributed by atoms with Crippen LogP contribution in [-0.4, -0.2) is 46.2 Å². The molecule has 1 aliphatic carbocycles. The van der Waals surface area contributed by atoms with Gasteiger partial charge in [0.1, 0.15) is 12.6 Å². The van der Waals surface area contributed by atoms with Crippen molar-refractivity contribution in [2.75, 3.05) is 7.11 Å². The van der Waals surface area contributed by atoms with Crippen LogP contribution in [0.25, 0.3) is 0 Å². The highest BCUT2D eigenvalue weighted by Gasteiger charge is 2.39. The van der Waals surface area contributed by atoms with Crippen LogP contribution in [0, 0.1) is 0 Å². The smallest absolute Gasteiger partial charge is 0.326 e. The highest BCUT2D eigenvalue weighted by molar-refractivity contribution is 5.95. The van der Waals surface area contributed by atoms with E-state index in [1.165, 1.54) is 25.0 Å². The molecular formula is C12H16N2O5. The first-order chi connectivity index (χ1) is 9.04. The molecule has 0 radical (unpaired) electrons. The Morgan fingerprint density at radius 2 is 2.32 bits per heavy atom. The standard InChI is InChI=1S/C12H16N2O5/c1-7(12(16)17)14(8-3-4-8)11(15)10-5-9(6-18-2)19-13-10/h5,7-8H,3-4,6H2,1-2H3,(H,16,17). The highest BCUT2D eigenvalue weighted by Crippen LogP contribution is 2.30. The van der Waals surface area contributed by atoms with Gasteiger partial charge >= 0.3 is 5.97 Å². The first kappa shape index (κ1) is 13.5. The molecule has 1 saturated carbocycles. The van der Waals surface area contributed by atoms with E-state index in [2.05, 4.69) is 5.16 Å². The van der Waals surface area contributed by atoms with Crippen LogP contribution < -0.4 is 0 Å². The minimum absolute atomic E-state index is 0.0128. The van der Waals surface area contributed by atoms with Gasteiger partial charge in [0.15, 0.2) is 11.5 Å². The largest absolute Gasteiger partial charge is 0.480 e. The van der Waals surface area contributed by atoms with Crippen molar-refractivity contribution < 1.29 is 24.0 Å². The Morgan fingerprint density at radius 3 is 2.84 bits per heavy atom. The number of hydrogen-bond acceptors (Lipinski definition) is 5. The van der Waals surface area contributed by atoms with E-state index >= 15 is 0 Å². The summed E-state index contributed by atoms with van der Waals surface area (Å²) in [6.45, 7) is 1.72. The summed E-state index contributed by atoms with van der Waals surface area (Å²) in [5.74, 6) is -1.01. The van der Waals surface area contributed by atoms with Crippen molar-refractivity contribution in [3.05, 3.63) is 17.5 Å². The van der Waals surface area contributed by atoms with Crippen molar-refractivity contribution >= 4 is 11.9 Å². The van der Waals surface area contributed by atoms with Crippen LogP contribution in [0.15, 0.2) is 10.6 Å². The summed E-state index contributed by atoms with van der Waals surface area (Å²) in [6, 6.07) is 0.597. The van der Waals surface area contributed by atoms with Crippen LogP contribution in [0.2, 0.25) is 0 Å². The molecule has 1 aromatic rings. The second-order valence-corrected chi connectivity index (χ2v) is 4.57. The maximum atomic E-state index is 12.3. The zero-order valence-corrected chi connectivity index (χ0v) is 10.8. The molecule has 0 saturated heterocycles. The minimum atomic E-state index is -1.03. The van der Waals surface area contributed by atoms with Crippen molar-refractivity contribution in [2.45, 2.75) is 38.5 Å². The normalized spacial score (nSPS) is 16.1. The Morgan fingerprint density at radius 1 is 1.63 bits per heavy atom. The van der Waals surface area contributed by atoms with Gasteiger partial charge in [0.05, 0.1) is 0 Å². The Balaban J connectivity index is 2.16. The molecule has 1 aromatic heterocycles. The second kappa shape index (κ2) is 5.40. The number of carboxylic acid groups (broad SMARTS) is 1. The van der Waals surface area contributed by atoms with Crippen LogP contribution in [0.4, 0.5) is 0 Å². The Labute approximate surface area is 110 Å². The monoisotopic (exact) mass is 268 g/mol. The molecule has 1 amide bonds. The molecule has 0 aliphatic heterocycles. The number of nitrogens with zero attached hydrogens (tertiary/aromatic N) is 2. The molecule has 1 heterocycles. The highest BCUT2D eigenvalue weighted by atomic mass is 16.5. The van der Waals surface area contributed by atoms with Crippen molar-refractivity contribution in [2.24, 2.45) is 0 Å². The van der Waals surface area contributed by atoms with Gasteiger partial charge in [-0.15, -0.1) is 0 Å². The molecule has 0 bridgehead atoms. The summed E-state index contributed by atoms with van der Waals surface area (Å²) in [5.41, 5.74) is 0.118. The summed E-state index contributed by atoms with van der Waals surface area (Å²) < 4.78 is 9.82. The van der Waals surface area contributed by atoms with Crippen molar-refractivity contribution in [1.82, 2.24) is 10.1 Å². The Kier molecular flexibility index (Phi) is 3.84. The number of ether oxygens (including phenoxy) is 1. The third-order valence-electron chi connectivity index (χ3n) is 3.01. The summed E-state index contributed by atoms with van der Waals surface area (Å²) in [7, 11) is 1.51. The number of carbonyl (C=O) groups excluding carboxylic acids is 1. The van der Waals surface area contributed by atoms with Gasteiger partial charge in [-0.05, 0) is 19.8 Å². The zero-order chi connectivity index (χ0) is 14.0. The third kappa shape index (κ3) is 2.93. The fraction of sp³-hybridized carbons (Fsp3) is 0.583. The lowest BCUT2D eigenvalue weighted by Crippen LogP contribution is -2.44. The topological polar surface area (TPSA) is 92.9 Å². The van der Waals surface area contributed by atoms with Gasteiger partial charge in [-0.25, -0.2) is 4.79 Å². The number of rotatable bonds is 6. The van der Waals surface area contributed by atoms with Crippen LogP contribution >= 0.6 is 0 Å². The fourth-order valence-electron chi connectivity index (χ4n) is 1.89. The first-order valence-corrected chi connectivity index (χ1v) is 6.04. The average molecular weight is 268 g/mol. The van der Waals surface area contributed by atoms with Gasteiger partial charge in [0.25, 0.3) is 5.91 Å². The van der Waals surface area contributed by atoms with E-state index in [1.54, 1.807) is 0 Å². The quantitative estimate of drug-likeness (QED) is 0.823. The molecule has 19 heavy (non-hydrogen) atoms. The Bertz CT molecular complexity index is 480.